The van der Waals surface area contributed by atoms with E-state index in [1.54, 1.807) is 5.48 Å². The fraction of sp³-hybridized carbons (Fsp3) is 0.333. The summed E-state index contributed by atoms with van der Waals surface area (Å²) in [5, 5.41) is 8.26. The van der Waals surface area contributed by atoms with E-state index >= 15 is 0 Å². The lowest BCUT2D eigenvalue weighted by atomic mass is 10.3. The lowest BCUT2D eigenvalue weighted by Gasteiger charge is -1.95. The Morgan fingerprint density at radius 3 is 2.92 bits per heavy atom. The summed E-state index contributed by atoms with van der Waals surface area (Å²) in [7, 11) is 0. The van der Waals surface area contributed by atoms with Crippen molar-refractivity contribution in [2.24, 2.45) is 0 Å². The Bertz CT molecular complexity index is 342. The van der Waals surface area contributed by atoms with Crippen LogP contribution in [0, 0.1) is 10.9 Å². The second kappa shape index (κ2) is 3.79. The van der Waals surface area contributed by atoms with E-state index in [0.717, 1.165) is 10.6 Å². The Hall–Kier alpha value is -0.720. The van der Waals surface area contributed by atoms with E-state index in [0.29, 0.717) is 3.95 Å². The number of hydrogen-bond acceptors (Lipinski definition) is 4. The number of carbonyl (C=O) groups is 1. The zero-order valence-electron chi connectivity index (χ0n) is 6.38. The van der Waals surface area contributed by atoms with Gasteiger partial charge in [0.25, 0.3) is 0 Å². The number of nitrogens with one attached hydrogen (secondary N) is 2. The molecule has 66 valence electrons. The topological polar surface area (TPSA) is 65.1 Å². The number of carbonyl (C=O) groups excluding carboxylic acids is 1. The molecule has 6 heteroatoms. The number of thiazole rings is 1. The first kappa shape index (κ1) is 9.37. The maximum absolute atomic E-state index is 10.7. The summed E-state index contributed by atoms with van der Waals surface area (Å²) < 4.78 is 0.647. The van der Waals surface area contributed by atoms with Crippen molar-refractivity contribution in [3.63, 3.8) is 0 Å². The molecule has 0 aliphatic carbocycles. The van der Waals surface area contributed by atoms with Gasteiger partial charge in [0.05, 0.1) is 6.42 Å². The lowest BCUT2D eigenvalue weighted by molar-refractivity contribution is -0.128. The van der Waals surface area contributed by atoms with E-state index in [2.05, 4.69) is 4.98 Å². The van der Waals surface area contributed by atoms with Crippen LogP contribution in [0.1, 0.15) is 10.6 Å². The van der Waals surface area contributed by atoms with Crippen molar-refractivity contribution >= 4 is 29.5 Å². The van der Waals surface area contributed by atoms with Crippen molar-refractivity contribution in [2.45, 2.75) is 13.3 Å². The standard InChI is InChI=1S/C6H8N2O2S2/c1-3-4(2-5(9)8-10)12-6(11)7-3/h10H,2H2,1H3,(H,7,11)(H,8,9). The van der Waals surface area contributed by atoms with E-state index < -0.39 is 5.91 Å². The molecule has 0 aliphatic rings. The van der Waals surface area contributed by atoms with Gasteiger partial charge in [0.15, 0.2) is 3.95 Å². The third-order valence-electron chi connectivity index (χ3n) is 1.37. The van der Waals surface area contributed by atoms with Crippen molar-refractivity contribution in [3.05, 3.63) is 14.5 Å². The van der Waals surface area contributed by atoms with Crippen molar-refractivity contribution in [1.82, 2.24) is 10.5 Å². The van der Waals surface area contributed by atoms with Gasteiger partial charge in [-0.25, -0.2) is 5.48 Å². The molecule has 1 amide bonds. The zero-order valence-corrected chi connectivity index (χ0v) is 8.01. The van der Waals surface area contributed by atoms with Crippen LogP contribution in [0.2, 0.25) is 0 Å². The minimum absolute atomic E-state index is 0.167. The van der Waals surface area contributed by atoms with Crippen molar-refractivity contribution in [3.8, 4) is 0 Å². The van der Waals surface area contributed by atoms with Crippen LogP contribution in [0.3, 0.4) is 0 Å². The van der Waals surface area contributed by atoms with Gasteiger partial charge in [-0.1, -0.05) is 0 Å². The first-order chi connectivity index (χ1) is 5.63. The molecular weight excluding hydrogens is 196 g/mol. The number of hydroxylamine groups is 1. The summed E-state index contributed by atoms with van der Waals surface area (Å²) in [4.78, 5) is 14.5. The van der Waals surface area contributed by atoms with Crippen molar-refractivity contribution in [1.29, 1.82) is 0 Å². The quantitative estimate of drug-likeness (QED) is 0.385. The minimum Gasteiger partial charge on any atom is -0.341 e. The highest BCUT2D eigenvalue weighted by Crippen LogP contribution is 2.14. The van der Waals surface area contributed by atoms with Crippen LogP contribution in [0.15, 0.2) is 0 Å². The van der Waals surface area contributed by atoms with Gasteiger partial charge < -0.3 is 4.98 Å². The fourth-order valence-electron chi connectivity index (χ4n) is 0.791. The van der Waals surface area contributed by atoms with E-state index in [1.807, 2.05) is 6.92 Å². The lowest BCUT2D eigenvalue weighted by Crippen LogP contribution is -2.20. The smallest absolute Gasteiger partial charge is 0.248 e. The second-order valence-electron chi connectivity index (χ2n) is 2.27. The molecule has 0 unspecified atom stereocenters. The summed E-state index contributed by atoms with van der Waals surface area (Å²) in [6, 6.07) is 0. The number of H-pyrrole nitrogens is 1. The van der Waals surface area contributed by atoms with Crippen LogP contribution >= 0.6 is 23.6 Å². The molecule has 0 saturated carbocycles. The van der Waals surface area contributed by atoms with Gasteiger partial charge >= 0.3 is 0 Å². The maximum atomic E-state index is 10.7. The first-order valence-electron chi connectivity index (χ1n) is 3.25. The Labute approximate surface area is 78.2 Å². The zero-order chi connectivity index (χ0) is 9.14. The molecule has 3 N–H and O–H groups in total. The number of aromatic nitrogens is 1. The van der Waals surface area contributed by atoms with Crippen LogP contribution in [0.4, 0.5) is 0 Å². The van der Waals surface area contributed by atoms with Crippen LogP contribution in [-0.2, 0) is 11.2 Å². The van der Waals surface area contributed by atoms with Crippen LogP contribution in [0.5, 0.6) is 0 Å². The highest BCUT2D eigenvalue weighted by Gasteiger charge is 2.06. The normalized spacial score (nSPS) is 9.83. The van der Waals surface area contributed by atoms with Crippen molar-refractivity contribution in [2.75, 3.05) is 0 Å². The Kier molecular flexibility index (Phi) is 2.96. The van der Waals surface area contributed by atoms with Gasteiger partial charge in [-0.3, -0.25) is 10.0 Å². The molecule has 0 aliphatic heterocycles. The average Bonchev–Trinajstić information content (AvgIpc) is 2.30. The average molecular weight is 204 g/mol. The summed E-state index contributed by atoms with van der Waals surface area (Å²) in [5.74, 6) is -0.427. The van der Waals surface area contributed by atoms with Crippen molar-refractivity contribution < 1.29 is 10.0 Å². The Morgan fingerprint density at radius 1 is 1.83 bits per heavy atom. The monoisotopic (exact) mass is 204 g/mol. The highest BCUT2D eigenvalue weighted by atomic mass is 32.1. The molecule has 0 spiro atoms. The van der Waals surface area contributed by atoms with E-state index in [4.69, 9.17) is 17.4 Å². The molecule has 0 atom stereocenters. The maximum Gasteiger partial charge on any atom is 0.248 e. The van der Waals surface area contributed by atoms with Gasteiger partial charge in [-0.15, -0.1) is 11.3 Å². The molecule has 4 nitrogen and oxygen atoms in total. The molecular formula is C6H8N2O2S2. The largest absolute Gasteiger partial charge is 0.341 e. The highest BCUT2D eigenvalue weighted by molar-refractivity contribution is 7.73. The third-order valence-corrected chi connectivity index (χ3v) is 2.71. The number of hydrogen-bond donors (Lipinski definition) is 3. The summed E-state index contributed by atoms with van der Waals surface area (Å²) >= 11 is 6.22. The number of rotatable bonds is 2. The van der Waals surface area contributed by atoms with Crippen LogP contribution in [0.25, 0.3) is 0 Å². The molecule has 1 rings (SSSR count). The van der Waals surface area contributed by atoms with Gasteiger partial charge in [-0.05, 0) is 19.1 Å². The molecule has 0 saturated heterocycles. The molecule has 1 aromatic heterocycles. The third kappa shape index (κ3) is 2.13. The van der Waals surface area contributed by atoms with Crippen LogP contribution in [-0.4, -0.2) is 16.1 Å². The second-order valence-corrected chi connectivity index (χ2v) is 4.05. The molecule has 1 aromatic rings. The number of aryl methyl sites for hydroxylation is 1. The van der Waals surface area contributed by atoms with Crippen LogP contribution < -0.4 is 5.48 Å². The molecule has 0 fully saturated rings. The predicted molar refractivity (Wildman–Crippen MR) is 47.9 cm³/mol. The molecule has 0 radical (unpaired) electrons. The fourth-order valence-corrected chi connectivity index (χ4v) is 2.08. The van der Waals surface area contributed by atoms with Gasteiger partial charge in [-0.2, -0.15) is 0 Å². The van der Waals surface area contributed by atoms with Gasteiger partial charge in [0.1, 0.15) is 0 Å². The number of aromatic amines is 1. The SMILES string of the molecule is Cc1[nH]c(=S)sc1CC(=O)NO. The van der Waals surface area contributed by atoms with E-state index in [1.165, 1.54) is 11.3 Å². The summed E-state index contributed by atoms with van der Waals surface area (Å²) in [6.45, 7) is 1.84. The molecule has 12 heavy (non-hydrogen) atoms. The van der Waals surface area contributed by atoms with Gasteiger partial charge in [0, 0.05) is 10.6 Å². The molecule has 0 aromatic carbocycles. The molecule has 0 bridgehead atoms. The van der Waals surface area contributed by atoms with E-state index in [9.17, 15) is 4.79 Å². The summed E-state index contributed by atoms with van der Waals surface area (Å²) in [5.41, 5.74) is 2.45. The Balaban J connectivity index is 2.82. The van der Waals surface area contributed by atoms with E-state index in [-0.39, 0.29) is 6.42 Å². The first-order valence-corrected chi connectivity index (χ1v) is 4.47. The minimum atomic E-state index is -0.427. The van der Waals surface area contributed by atoms with Gasteiger partial charge in [0.2, 0.25) is 5.91 Å². The number of amides is 1. The predicted octanol–water partition coefficient (Wildman–Crippen LogP) is 1.16. The Morgan fingerprint density at radius 2 is 2.50 bits per heavy atom. The summed E-state index contributed by atoms with van der Waals surface area (Å²) in [6.07, 6.45) is 0.167. The molecule has 1 heterocycles.